The summed E-state index contributed by atoms with van der Waals surface area (Å²) in [7, 11) is 0. The summed E-state index contributed by atoms with van der Waals surface area (Å²) in [6.45, 7) is 1.67. The molecule has 9 heteroatoms. The summed E-state index contributed by atoms with van der Waals surface area (Å²) >= 11 is 0. The molecule has 0 radical (unpaired) electrons. The molecule has 0 heterocycles. The van der Waals surface area contributed by atoms with Gasteiger partial charge in [-0.3, -0.25) is 4.79 Å². The Labute approximate surface area is 166 Å². The van der Waals surface area contributed by atoms with Crippen LogP contribution in [0.15, 0.2) is 60.7 Å². The zero-order valence-electron chi connectivity index (χ0n) is 15.4. The SMILES string of the molecule is Cc1cccc(C(=O)Nc2c(C(O)(C(F)(F)F)C(F)(F)F)ccc3ccccc23)c1. The van der Waals surface area contributed by atoms with Gasteiger partial charge in [-0.2, -0.15) is 26.3 Å². The highest BCUT2D eigenvalue weighted by Gasteiger charge is 2.72. The molecule has 3 aromatic rings. The Bertz CT molecular complexity index is 1090. The van der Waals surface area contributed by atoms with Crippen molar-refractivity contribution in [2.45, 2.75) is 24.9 Å². The zero-order valence-corrected chi connectivity index (χ0v) is 15.4. The van der Waals surface area contributed by atoms with Crippen LogP contribution < -0.4 is 5.32 Å². The van der Waals surface area contributed by atoms with E-state index in [4.69, 9.17) is 0 Å². The topological polar surface area (TPSA) is 49.3 Å². The van der Waals surface area contributed by atoms with Gasteiger partial charge < -0.3 is 10.4 Å². The van der Waals surface area contributed by atoms with Crippen LogP contribution in [-0.2, 0) is 5.60 Å². The normalized spacial score (nSPS) is 12.8. The minimum absolute atomic E-state index is 0.0384. The van der Waals surface area contributed by atoms with Gasteiger partial charge in [-0.1, -0.05) is 54.1 Å². The number of alkyl halides is 6. The van der Waals surface area contributed by atoms with Crippen LogP contribution in [0.5, 0.6) is 0 Å². The Hall–Kier alpha value is -3.07. The van der Waals surface area contributed by atoms with Crippen molar-refractivity contribution in [1.82, 2.24) is 0 Å². The number of aliphatic hydroxyl groups is 1. The number of carbonyl (C=O) groups is 1. The number of rotatable bonds is 3. The molecule has 3 aromatic carbocycles. The van der Waals surface area contributed by atoms with Gasteiger partial charge in [0.2, 0.25) is 0 Å². The molecule has 0 saturated carbocycles. The summed E-state index contributed by atoms with van der Waals surface area (Å²) in [4.78, 5) is 12.6. The second kappa shape index (κ2) is 7.32. The lowest BCUT2D eigenvalue weighted by Gasteiger charge is -2.34. The third kappa shape index (κ3) is 3.60. The molecule has 0 unspecified atom stereocenters. The van der Waals surface area contributed by atoms with E-state index in [-0.39, 0.29) is 16.3 Å². The molecule has 0 aliphatic carbocycles. The van der Waals surface area contributed by atoms with E-state index >= 15 is 0 Å². The van der Waals surface area contributed by atoms with Gasteiger partial charge in [0.25, 0.3) is 11.5 Å². The minimum atomic E-state index is -6.09. The maximum atomic E-state index is 13.5. The predicted octanol–water partition coefficient (Wildman–Crippen LogP) is 5.71. The van der Waals surface area contributed by atoms with Crippen LogP contribution in [0.1, 0.15) is 21.5 Å². The average molecular weight is 427 g/mol. The molecule has 0 bridgehead atoms. The predicted molar refractivity (Wildman–Crippen MR) is 99.1 cm³/mol. The summed E-state index contributed by atoms with van der Waals surface area (Å²) in [5.41, 5.74) is -6.75. The van der Waals surface area contributed by atoms with Crippen molar-refractivity contribution in [2.24, 2.45) is 0 Å². The van der Waals surface area contributed by atoms with Gasteiger partial charge in [0.1, 0.15) is 0 Å². The third-order valence-electron chi connectivity index (χ3n) is 4.66. The van der Waals surface area contributed by atoms with E-state index < -0.39 is 35.1 Å². The number of benzene rings is 3. The first-order valence-electron chi connectivity index (χ1n) is 8.62. The largest absolute Gasteiger partial charge is 0.430 e. The maximum Gasteiger partial charge on any atom is 0.430 e. The summed E-state index contributed by atoms with van der Waals surface area (Å²) in [5, 5.41) is 12.3. The Kier molecular flexibility index (Phi) is 5.28. The summed E-state index contributed by atoms with van der Waals surface area (Å²) in [5.74, 6) is -0.914. The van der Waals surface area contributed by atoms with Gasteiger partial charge in [0, 0.05) is 16.5 Å². The van der Waals surface area contributed by atoms with E-state index in [9.17, 15) is 36.2 Å². The molecule has 0 spiro atoms. The summed E-state index contributed by atoms with van der Waals surface area (Å²) in [6.07, 6.45) is -12.2. The average Bonchev–Trinajstić information content (AvgIpc) is 2.66. The van der Waals surface area contributed by atoms with Crippen LogP contribution in [0.3, 0.4) is 0 Å². The highest BCUT2D eigenvalue weighted by Crippen LogP contribution is 2.53. The number of aryl methyl sites for hydroxylation is 1. The molecule has 0 saturated heterocycles. The van der Waals surface area contributed by atoms with Gasteiger partial charge in [0.15, 0.2) is 0 Å². The highest BCUT2D eigenvalue weighted by atomic mass is 19.4. The standard InChI is InChI=1S/C21H15F6NO2/c1-12-5-4-7-14(11-12)18(29)28-17-15-8-3-2-6-13(15)9-10-16(17)19(30,20(22,23)24)21(25,26)27/h2-11,30H,1H3,(H,28,29). The lowest BCUT2D eigenvalue weighted by atomic mass is 9.88. The van der Waals surface area contributed by atoms with Crippen LogP contribution in [0.4, 0.5) is 32.0 Å². The van der Waals surface area contributed by atoms with E-state index in [0.29, 0.717) is 11.6 Å². The number of carbonyl (C=O) groups excluding carboxylic acids is 1. The Morgan fingerprint density at radius 1 is 0.867 bits per heavy atom. The number of hydrogen-bond acceptors (Lipinski definition) is 2. The summed E-state index contributed by atoms with van der Waals surface area (Å²) < 4.78 is 81.0. The minimum Gasteiger partial charge on any atom is -0.369 e. The van der Waals surface area contributed by atoms with Crippen LogP contribution in [-0.4, -0.2) is 23.4 Å². The fraction of sp³-hybridized carbons (Fsp3) is 0.190. The molecule has 0 atom stereocenters. The molecule has 2 N–H and O–H groups in total. The molecular weight excluding hydrogens is 412 g/mol. The van der Waals surface area contributed by atoms with Gasteiger partial charge >= 0.3 is 12.4 Å². The number of halogens is 6. The van der Waals surface area contributed by atoms with Gasteiger partial charge in [-0.05, 0) is 24.4 Å². The molecule has 1 amide bonds. The monoisotopic (exact) mass is 427 g/mol. The summed E-state index contributed by atoms with van der Waals surface area (Å²) in [6, 6.07) is 13.2. The second-order valence-corrected chi connectivity index (χ2v) is 6.74. The van der Waals surface area contributed by atoms with Crippen LogP contribution >= 0.6 is 0 Å². The van der Waals surface area contributed by atoms with E-state index in [1.165, 1.54) is 42.5 Å². The van der Waals surface area contributed by atoms with Crippen molar-refractivity contribution in [3.8, 4) is 0 Å². The van der Waals surface area contributed by atoms with Gasteiger partial charge in [-0.15, -0.1) is 0 Å². The van der Waals surface area contributed by atoms with Crippen LogP contribution in [0.25, 0.3) is 10.8 Å². The fourth-order valence-electron chi connectivity index (χ4n) is 3.15. The molecular formula is C21H15F6NO2. The third-order valence-corrected chi connectivity index (χ3v) is 4.66. The Morgan fingerprint density at radius 3 is 2.10 bits per heavy atom. The second-order valence-electron chi connectivity index (χ2n) is 6.74. The van der Waals surface area contributed by atoms with Crippen molar-refractivity contribution in [3.63, 3.8) is 0 Å². The molecule has 0 aromatic heterocycles. The molecule has 0 fully saturated rings. The van der Waals surface area contributed by atoms with Crippen LogP contribution in [0.2, 0.25) is 0 Å². The van der Waals surface area contributed by atoms with E-state index in [1.54, 1.807) is 13.0 Å². The Morgan fingerprint density at radius 2 is 1.50 bits per heavy atom. The first-order chi connectivity index (χ1) is 13.9. The smallest absolute Gasteiger partial charge is 0.369 e. The lowest BCUT2D eigenvalue weighted by molar-refractivity contribution is -0.375. The Balaban J connectivity index is 2.27. The molecule has 158 valence electrons. The number of fused-ring (bicyclic) bond motifs is 1. The number of hydrogen-bond donors (Lipinski definition) is 2. The molecule has 3 rings (SSSR count). The van der Waals surface area contributed by atoms with Crippen molar-refractivity contribution < 1.29 is 36.2 Å². The van der Waals surface area contributed by atoms with E-state index in [1.807, 2.05) is 0 Å². The zero-order chi connectivity index (χ0) is 22.3. The van der Waals surface area contributed by atoms with Crippen LogP contribution in [0, 0.1) is 6.92 Å². The maximum absolute atomic E-state index is 13.5. The number of nitrogens with one attached hydrogen (secondary N) is 1. The van der Waals surface area contributed by atoms with Gasteiger partial charge in [-0.25, -0.2) is 0 Å². The van der Waals surface area contributed by atoms with Crippen molar-refractivity contribution in [3.05, 3.63) is 77.4 Å². The lowest BCUT2D eigenvalue weighted by Crippen LogP contribution is -2.54. The van der Waals surface area contributed by atoms with Crippen molar-refractivity contribution in [2.75, 3.05) is 5.32 Å². The highest BCUT2D eigenvalue weighted by molar-refractivity contribution is 6.10. The quantitative estimate of drug-likeness (QED) is 0.526. The molecule has 0 aliphatic rings. The van der Waals surface area contributed by atoms with E-state index in [2.05, 4.69) is 5.32 Å². The number of amides is 1. The molecule has 3 nitrogen and oxygen atoms in total. The fourth-order valence-corrected chi connectivity index (χ4v) is 3.15. The van der Waals surface area contributed by atoms with Gasteiger partial charge in [0.05, 0.1) is 5.69 Å². The van der Waals surface area contributed by atoms with Crippen molar-refractivity contribution >= 4 is 22.4 Å². The first-order valence-corrected chi connectivity index (χ1v) is 8.62. The first kappa shape index (κ1) is 21.6. The van der Waals surface area contributed by atoms with E-state index in [0.717, 1.165) is 6.07 Å². The molecule has 30 heavy (non-hydrogen) atoms. The number of anilines is 1. The van der Waals surface area contributed by atoms with Crippen molar-refractivity contribution in [1.29, 1.82) is 0 Å². The molecule has 0 aliphatic heterocycles.